The summed E-state index contributed by atoms with van der Waals surface area (Å²) in [5.74, 6) is 1.47. The molecular weight excluding hydrogens is 254 g/mol. The Hall–Kier alpha value is -1.55. The van der Waals surface area contributed by atoms with Crippen molar-refractivity contribution in [3.63, 3.8) is 0 Å². The second-order valence-electron chi connectivity index (χ2n) is 5.61. The van der Waals surface area contributed by atoms with Crippen molar-refractivity contribution in [2.75, 3.05) is 20.7 Å². The quantitative estimate of drug-likeness (QED) is 0.863. The molecule has 0 heterocycles. The molecule has 4 heteroatoms. The number of aryl methyl sites for hydroxylation is 1. The number of amides is 1. The van der Waals surface area contributed by atoms with Crippen molar-refractivity contribution >= 4 is 5.91 Å². The lowest BCUT2D eigenvalue weighted by Gasteiger charge is -2.34. The van der Waals surface area contributed by atoms with Crippen LogP contribution >= 0.6 is 0 Å². The first-order valence-electron chi connectivity index (χ1n) is 7.13. The number of rotatable bonds is 6. The van der Waals surface area contributed by atoms with Gasteiger partial charge in [0.05, 0.1) is 13.2 Å². The monoisotopic (exact) mass is 277 g/mol. The molecule has 0 unspecified atom stereocenters. The Morgan fingerprint density at radius 1 is 1.35 bits per heavy atom. The van der Waals surface area contributed by atoms with Crippen LogP contribution in [0, 0.1) is 5.92 Å². The summed E-state index contributed by atoms with van der Waals surface area (Å²) in [5.41, 5.74) is 1.15. The van der Waals surface area contributed by atoms with Crippen molar-refractivity contribution in [2.45, 2.75) is 31.8 Å². The molecule has 0 bridgehead atoms. The molecule has 1 amide bonds. The Bertz CT molecular complexity index is 438. The predicted octanol–water partition coefficient (Wildman–Crippen LogP) is 1.86. The Morgan fingerprint density at radius 2 is 2.00 bits per heavy atom. The minimum absolute atomic E-state index is 0.150. The first-order valence-corrected chi connectivity index (χ1v) is 7.13. The van der Waals surface area contributed by atoms with Crippen molar-refractivity contribution in [3.8, 4) is 5.75 Å². The molecule has 1 fully saturated rings. The van der Waals surface area contributed by atoms with Crippen LogP contribution in [-0.2, 0) is 11.2 Å². The molecule has 0 spiro atoms. The van der Waals surface area contributed by atoms with Gasteiger partial charge in [-0.25, -0.2) is 0 Å². The normalized spacial score (nSPS) is 21.1. The fourth-order valence-corrected chi connectivity index (χ4v) is 2.57. The molecule has 1 N–H and O–H groups in total. The highest BCUT2D eigenvalue weighted by Gasteiger charge is 2.28. The summed E-state index contributed by atoms with van der Waals surface area (Å²) >= 11 is 0. The summed E-state index contributed by atoms with van der Waals surface area (Å²) < 4.78 is 5.11. The van der Waals surface area contributed by atoms with Crippen molar-refractivity contribution in [1.29, 1.82) is 0 Å². The molecule has 0 atom stereocenters. The Balaban J connectivity index is 1.73. The van der Waals surface area contributed by atoms with Gasteiger partial charge in [-0.05, 0) is 42.9 Å². The second kappa shape index (κ2) is 6.75. The van der Waals surface area contributed by atoms with E-state index in [-0.39, 0.29) is 12.0 Å². The molecule has 1 aromatic rings. The highest BCUT2D eigenvalue weighted by molar-refractivity contribution is 5.76. The van der Waals surface area contributed by atoms with Crippen LogP contribution in [0.3, 0.4) is 0 Å². The Kier molecular flexibility index (Phi) is 5.01. The van der Waals surface area contributed by atoms with Crippen LogP contribution in [0.2, 0.25) is 0 Å². The summed E-state index contributed by atoms with van der Waals surface area (Å²) in [6.07, 6.45) is 2.79. The number of benzene rings is 1. The fourth-order valence-electron chi connectivity index (χ4n) is 2.57. The fraction of sp³-hybridized carbons (Fsp3) is 0.562. The minimum atomic E-state index is -0.150. The highest BCUT2D eigenvalue weighted by Crippen LogP contribution is 2.27. The molecule has 1 aliphatic rings. The number of aliphatic hydroxyl groups excluding tert-OH is 1. The van der Waals surface area contributed by atoms with Gasteiger partial charge in [-0.2, -0.15) is 0 Å². The van der Waals surface area contributed by atoms with Gasteiger partial charge < -0.3 is 14.7 Å². The standard InChI is InChI=1S/C16H23NO3/c1-17(11-13-9-14(18)10-13)16(19)8-5-12-3-6-15(20-2)7-4-12/h3-4,6-7,13-14,18H,5,8-11H2,1-2H3. The third-order valence-corrected chi connectivity index (χ3v) is 3.96. The van der Waals surface area contributed by atoms with E-state index >= 15 is 0 Å². The molecule has 0 aromatic heterocycles. The first kappa shape index (κ1) is 14.9. The van der Waals surface area contributed by atoms with Gasteiger partial charge in [0.15, 0.2) is 0 Å². The molecule has 0 radical (unpaired) electrons. The predicted molar refractivity (Wildman–Crippen MR) is 77.7 cm³/mol. The number of hydrogen-bond donors (Lipinski definition) is 1. The number of ether oxygens (including phenoxy) is 1. The van der Waals surface area contributed by atoms with E-state index < -0.39 is 0 Å². The summed E-state index contributed by atoms with van der Waals surface area (Å²) in [4.78, 5) is 13.8. The molecule has 4 nitrogen and oxygen atoms in total. The molecule has 110 valence electrons. The molecule has 1 aliphatic carbocycles. The maximum Gasteiger partial charge on any atom is 0.222 e. The third kappa shape index (κ3) is 3.97. The van der Waals surface area contributed by atoms with Crippen LogP contribution in [-0.4, -0.2) is 42.7 Å². The average Bonchev–Trinajstić information content (AvgIpc) is 2.43. The summed E-state index contributed by atoms with van der Waals surface area (Å²) in [7, 11) is 3.49. The summed E-state index contributed by atoms with van der Waals surface area (Å²) in [6, 6.07) is 7.82. The van der Waals surface area contributed by atoms with E-state index in [0.717, 1.165) is 37.1 Å². The van der Waals surface area contributed by atoms with Gasteiger partial charge in [0.1, 0.15) is 5.75 Å². The molecule has 2 rings (SSSR count). The van der Waals surface area contributed by atoms with Crippen molar-refractivity contribution in [2.24, 2.45) is 5.92 Å². The largest absolute Gasteiger partial charge is 0.497 e. The van der Waals surface area contributed by atoms with Gasteiger partial charge in [0.2, 0.25) is 5.91 Å². The molecular formula is C16H23NO3. The maximum absolute atomic E-state index is 12.0. The Labute approximate surface area is 120 Å². The van der Waals surface area contributed by atoms with Crippen LogP contribution in [0.15, 0.2) is 24.3 Å². The SMILES string of the molecule is COc1ccc(CCC(=O)N(C)CC2CC(O)C2)cc1. The topological polar surface area (TPSA) is 49.8 Å². The number of hydrogen-bond acceptors (Lipinski definition) is 3. The van der Waals surface area contributed by atoms with Gasteiger partial charge in [0, 0.05) is 20.0 Å². The zero-order chi connectivity index (χ0) is 14.5. The van der Waals surface area contributed by atoms with E-state index in [0.29, 0.717) is 12.3 Å². The zero-order valence-electron chi connectivity index (χ0n) is 12.2. The van der Waals surface area contributed by atoms with Crippen LogP contribution in [0.25, 0.3) is 0 Å². The molecule has 1 aromatic carbocycles. The molecule has 20 heavy (non-hydrogen) atoms. The van der Waals surface area contributed by atoms with Crippen LogP contribution in [0.1, 0.15) is 24.8 Å². The summed E-state index contributed by atoms with van der Waals surface area (Å²) in [6.45, 7) is 0.762. The lowest BCUT2D eigenvalue weighted by molar-refractivity contribution is -0.131. The van der Waals surface area contributed by atoms with Crippen LogP contribution in [0.5, 0.6) is 5.75 Å². The van der Waals surface area contributed by atoms with Crippen molar-refractivity contribution in [1.82, 2.24) is 4.90 Å². The third-order valence-electron chi connectivity index (χ3n) is 3.96. The second-order valence-corrected chi connectivity index (χ2v) is 5.61. The van der Waals surface area contributed by atoms with E-state index in [1.54, 1.807) is 12.0 Å². The average molecular weight is 277 g/mol. The van der Waals surface area contributed by atoms with Gasteiger partial charge >= 0.3 is 0 Å². The van der Waals surface area contributed by atoms with Gasteiger partial charge in [-0.15, -0.1) is 0 Å². The molecule has 0 aliphatic heterocycles. The van der Waals surface area contributed by atoms with E-state index in [1.165, 1.54) is 0 Å². The number of nitrogens with zero attached hydrogens (tertiary/aromatic N) is 1. The lowest BCUT2D eigenvalue weighted by atomic mass is 9.82. The van der Waals surface area contributed by atoms with Crippen LogP contribution < -0.4 is 4.74 Å². The van der Waals surface area contributed by atoms with Gasteiger partial charge in [-0.1, -0.05) is 12.1 Å². The molecule has 1 saturated carbocycles. The minimum Gasteiger partial charge on any atom is -0.497 e. The smallest absolute Gasteiger partial charge is 0.222 e. The van der Waals surface area contributed by atoms with E-state index in [9.17, 15) is 9.90 Å². The number of aliphatic hydroxyl groups is 1. The van der Waals surface area contributed by atoms with Crippen molar-refractivity contribution < 1.29 is 14.6 Å². The van der Waals surface area contributed by atoms with E-state index in [2.05, 4.69) is 0 Å². The zero-order valence-corrected chi connectivity index (χ0v) is 12.2. The Morgan fingerprint density at radius 3 is 2.55 bits per heavy atom. The highest BCUT2D eigenvalue weighted by atomic mass is 16.5. The number of carbonyl (C=O) groups excluding carboxylic acids is 1. The van der Waals surface area contributed by atoms with Crippen LogP contribution in [0.4, 0.5) is 0 Å². The lowest BCUT2D eigenvalue weighted by Crippen LogP contribution is -2.39. The van der Waals surface area contributed by atoms with E-state index in [4.69, 9.17) is 4.74 Å². The number of carbonyl (C=O) groups is 1. The van der Waals surface area contributed by atoms with Crippen molar-refractivity contribution in [3.05, 3.63) is 29.8 Å². The first-order chi connectivity index (χ1) is 9.58. The van der Waals surface area contributed by atoms with Gasteiger partial charge in [0.25, 0.3) is 0 Å². The maximum atomic E-state index is 12.0. The number of methoxy groups -OCH3 is 1. The summed E-state index contributed by atoms with van der Waals surface area (Å²) in [5, 5.41) is 9.25. The van der Waals surface area contributed by atoms with E-state index in [1.807, 2.05) is 31.3 Å². The van der Waals surface area contributed by atoms with Gasteiger partial charge in [-0.3, -0.25) is 4.79 Å². The molecule has 0 saturated heterocycles.